The quantitative estimate of drug-likeness (QED) is 0.795. The highest BCUT2D eigenvalue weighted by atomic mass is 16.5. The lowest BCUT2D eigenvalue weighted by Gasteiger charge is -1.97. The molecule has 1 heterocycles. The Labute approximate surface area is 100 Å². The summed E-state index contributed by atoms with van der Waals surface area (Å²) in [4.78, 5) is 20.9. The molecule has 0 spiro atoms. The van der Waals surface area contributed by atoms with Crippen molar-refractivity contribution in [1.82, 2.24) is 0 Å². The molecule has 0 aromatic carbocycles. The van der Waals surface area contributed by atoms with Crippen LogP contribution in [-0.4, -0.2) is 23.5 Å². The third kappa shape index (κ3) is 9.32. The average molecular weight is 242 g/mol. The van der Waals surface area contributed by atoms with Crippen LogP contribution in [0.5, 0.6) is 0 Å². The third-order valence-electron chi connectivity index (χ3n) is 1.72. The molecule has 0 aliphatic heterocycles. The molecule has 0 fully saturated rings. The molecule has 0 aliphatic rings. The lowest BCUT2D eigenvalue weighted by atomic mass is 10.2. The Balaban J connectivity index is 0.000000318. The number of rotatable bonds is 5. The van der Waals surface area contributed by atoms with Gasteiger partial charge in [0.05, 0.1) is 19.3 Å². The van der Waals surface area contributed by atoms with Gasteiger partial charge in [-0.3, -0.25) is 4.79 Å². The van der Waals surface area contributed by atoms with Crippen LogP contribution in [0.4, 0.5) is 0 Å². The van der Waals surface area contributed by atoms with E-state index in [-0.39, 0.29) is 24.8 Å². The lowest BCUT2D eigenvalue weighted by molar-refractivity contribution is -0.144. The molecule has 0 unspecified atom stereocenters. The van der Waals surface area contributed by atoms with Gasteiger partial charge in [-0.25, -0.2) is 0 Å². The Hall–Kier alpha value is -1.62. The van der Waals surface area contributed by atoms with Crippen molar-refractivity contribution >= 4 is 11.8 Å². The van der Waals surface area contributed by atoms with Gasteiger partial charge < -0.3 is 19.1 Å². The van der Waals surface area contributed by atoms with Gasteiger partial charge >= 0.3 is 5.97 Å². The number of aliphatic hydroxyl groups is 1. The first-order valence-electron chi connectivity index (χ1n) is 5.38. The highest BCUT2D eigenvalue weighted by Crippen LogP contribution is 1.96. The Morgan fingerprint density at radius 2 is 2.12 bits per heavy atom. The van der Waals surface area contributed by atoms with Crippen molar-refractivity contribution in [3.8, 4) is 0 Å². The molecule has 5 heteroatoms. The predicted octanol–water partition coefficient (Wildman–Crippen LogP) is 1.69. The molecular formula is C12H18O5. The summed E-state index contributed by atoms with van der Waals surface area (Å²) in [5.74, 6) is 0.339. The van der Waals surface area contributed by atoms with Gasteiger partial charge in [-0.05, 0) is 26.0 Å². The monoisotopic (exact) mass is 242 g/mol. The van der Waals surface area contributed by atoms with Crippen LogP contribution in [0.25, 0.3) is 0 Å². The van der Waals surface area contributed by atoms with Gasteiger partial charge in [-0.1, -0.05) is 0 Å². The zero-order chi connectivity index (χ0) is 13.1. The van der Waals surface area contributed by atoms with E-state index in [1.54, 1.807) is 19.1 Å². The fourth-order valence-electron chi connectivity index (χ4n) is 0.914. The van der Waals surface area contributed by atoms with Crippen LogP contribution in [0.2, 0.25) is 0 Å². The van der Waals surface area contributed by atoms with E-state index in [9.17, 15) is 9.59 Å². The Bertz CT molecular complexity index is 316. The van der Waals surface area contributed by atoms with Gasteiger partial charge in [-0.15, -0.1) is 0 Å². The molecule has 0 saturated heterocycles. The van der Waals surface area contributed by atoms with Gasteiger partial charge in [0, 0.05) is 6.42 Å². The topological polar surface area (TPSA) is 76.7 Å². The standard InChI is InChI=1S/C7H12O3.C5H6O2/c1-3-10-7(9)5-4-6(2)8;6-4-5-2-1-3-7-5/h3-5H2,1-2H3;1-3,6H,4H2. The van der Waals surface area contributed by atoms with E-state index in [1.165, 1.54) is 13.2 Å². The molecule has 0 amide bonds. The Morgan fingerprint density at radius 3 is 2.47 bits per heavy atom. The first kappa shape index (κ1) is 15.4. The molecule has 0 saturated carbocycles. The molecule has 0 bridgehead atoms. The molecule has 0 aliphatic carbocycles. The summed E-state index contributed by atoms with van der Waals surface area (Å²) < 4.78 is 9.33. The van der Waals surface area contributed by atoms with Crippen molar-refractivity contribution in [2.75, 3.05) is 6.61 Å². The largest absolute Gasteiger partial charge is 0.467 e. The van der Waals surface area contributed by atoms with E-state index >= 15 is 0 Å². The number of ether oxygens (including phenoxy) is 1. The minimum Gasteiger partial charge on any atom is -0.467 e. The second kappa shape index (κ2) is 9.59. The smallest absolute Gasteiger partial charge is 0.306 e. The van der Waals surface area contributed by atoms with Gasteiger partial charge in [-0.2, -0.15) is 0 Å². The molecule has 1 aromatic heterocycles. The number of hydrogen-bond acceptors (Lipinski definition) is 5. The maximum absolute atomic E-state index is 10.6. The third-order valence-corrected chi connectivity index (χ3v) is 1.72. The maximum Gasteiger partial charge on any atom is 0.306 e. The normalized spacial score (nSPS) is 9.12. The summed E-state index contributed by atoms with van der Waals surface area (Å²) in [5.41, 5.74) is 0. The zero-order valence-corrected chi connectivity index (χ0v) is 10.1. The molecule has 96 valence electrons. The van der Waals surface area contributed by atoms with Crippen LogP contribution < -0.4 is 0 Å². The minimum atomic E-state index is -0.294. The minimum absolute atomic E-state index is 0.00694. The first-order valence-corrected chi connectivity index (χ1v) is 5.38. The summed E-state index contributed by atoms with van der Waals surface area (Å²) in [6.07, 6.45) is 2.04. The molecule has 17 heavy (non-hydrogen) atoms. The Morgan fingerprint density at radius 1 is 1.41 bits per heavy atom. The molecule has 1 rings (SSSR count). The number of aliphatic hydroxyl groups excluding tert-OH is 1. The number of esters is 1. The Kier molecular flexibility index (Phi) is 8.68. The van der Waals surface area contributed by atoms with E-state index in [4.69, 9.17) is 9.52 Å². The highest BCUT2D eigenvalue weighted by molar-refractivity contribution is 5.80. The van der Waals surface area contributed by atoms with Crippen LogP contribution in [0.3, 0.4) is 0 Å². The first-order chi connectivity index (χ1) is 8.10. The number of carbonyl (C=O) groups is 2. The van der Waals surface area contributed by atoms with Crippen molar-refractivity contribution in [2.24, 2.45) is 0 Å². The van der Waals surface area contributed by atoms with Gasteiger partial charge in [0.15, 0.2) is 0 Å². The average Bonchev–Trinajstić information content (AvgIpc) is 2.80. The highest BCUT2D eigenvalue weighted by Gasteiger charge is 2.02. The number of Topliss-reactive ketones (excluding diaryl/α,β-unsaturated/α-hetero) is 1. The second-order valence-corrected chi connectivity index (χ2v) is 3.24. The zero-order valence-electron chi connectivity index (χ0n) is 10.1. The summed E-state index contributed by atoms with van der Waals surface area (Å²) in [7, 11) is 0. The van der Waals surface area contributed by atoms with Gasteiger partial charge in [0.1, 0.15) is 18.2 Å². The van der Waals surface area contributed by atoms with Crippen LogP contribution in [0, 0.1) is 0 Å². The molecule has 0 radical (unpaired) electrons. The fourth-order valence-corrected chi connectivity index (χ4v) is 0.914. The molecule has 1 aromatic rings. The van der Waals surface area contributed by atoms with Crippen LogP contribution >= 0.6 is 0 Å². The van der Waals surface area contributed by atoms with E-state index < -0.39 is 0 Å². The van der Waals surface area contributed by atoms with Crippen LogP contribution in [-0.2, 0) is 20.9 Å². The summed E-state index contributed by atoms with van der Waals surface area (Å²) in [5, 5.41) is 8.33. The van der Waals surface area contributed by atoms with E-state index in [2.05, 4.69) is 4.74 Å². The fraction of sp³-hybridized carbons (Fsp3) is 0.500. The summed E-state index contributed by atoms with van der Waals surface area (Å²) in [6, 6.07) is 3.46. The molecule has 1 N–H and O–H groups in total. The predicted molar refractivity (Wildman–Crippen MR) is 61.2 cm³/mol. The van der Waals surface area contributed by atoms with Crippen molar-refractivity contribution in [3.63, 3.8) is 0 Å². The summed E-state index contributed by atoms with van der Waals surface area (Å²) >= 11 is 0. The number of hydrogen-bond donors (Lipinski definition) is 1. The van der Waals surface area contributed by atoms with Crippen molar-refractivity contribution in [3.05, 3.63) is 24.2 Å². The van der Waals surface area contributed by atoms with E-state index in [1.807, 2.05) is 0 Å². The second-order valence-electron chi connectivity index (χ2n) is 3.24. The van der Waals surface area contributed by atoms with Crippen molar-refractivity contribution in [2.45, 2.75) is 33.3 Å². The molecule has 0 atom stereocenters. The number of carbonyl (C=O) groups excluding carboxylic acids is 2. The van der Waals surface area contributed by atoms with Crippen LogP contribution in [0.1, 0.15) is 32.4 Å². The maximum atomic E-state index is 10.6. The SMILES string of the molecule is CCOC(=O)CCC(C)=O.OCc1ccco1. The van der Waals surface area contributed by atoms with E-state index in [0.29, 0.717) is 18.8 Å². The van der Waals surface area contributed by atoms with Crippen LogP contribution in [0.15, 0.2) is 22.8 Å². The molecular weight excluding hydrogens is 224 g/mol. The number of furan rings is 1. The van der Waals surface area contributed by atoms with Gasteiger partial charge in [0.25, 0.3) is 0 Å². The van der Waals surface area contributed by atoms with Gasteiger partial charge in [0.2, 0.25) is 0 Å². The van der Waals surface area contributed by atoms with E-state index in [0.717, 1.165) is 0 Å². The molecule has 5 nitrogen and oxygen atoms in total. The lowest BCUT2D eigenvalue weighted by Crippen LogP contribution is -2.05. The number of ketones is 1. The van der Waals surface area contributed by atoms with Crippen molar-refractivity contribution in [1.29, 1.82) is 0 Å². The summed E-state index contributed by atoms with van der Waals surface area (Å²) in [6.45, 7) is 3.58. The van der Waals surface area contributed by atoms with Crippen molar-refractivity contribution < 1.29 is 23.8 Å².